The van der Waals surface area contributed by atoms with Crippen molar-refractivity contribution >= 4 is 17.7 Å². The molecule has 5 heteroatoms. The maximum atomic E-state index is 13.2. The van der Waals surface area contributed by atoms with Crippen LogP contribution in [0.4, 0.5) is 4.39 Å². The molecule has 1 amide bonds. The first kappa shape index (κ1) is 13.0. The molecular weight excluding hydrogens is 227 g/mol. The van der Waals surface area contributed by atoms with Crippen LogP contribution in [0.25, 0.3) is 0 Å². The molecule has 0 aliphatic rings. The number of nitrogens with one attached hydrogen (secondary N) is 1. The highest BCUT2D eigenvalue weighted by Gasteiger charge is 2.19. The van der Waals surface area contributed by atoms with Gasteiger partial charge in [0.25, 0.3) is 5.91 Å². The zero-order chi connectivity index (χ0) is 12.2. The number of nitrogens with zero attached hydrogens (tertiary/aromatic N) is 1. The van der Waals surface area contributed by atoms with Crippen LogP contribution < -0.4 is 5.32 Å². The van der Waals surface area contributed by atoms with E-state index in [2.05, 4.69) is 10.3 Å². The Morgan fingerprint density at radius 1 is 1.62 bits per heavy atom. The Kier molecular flexibility index (Phi) is 4.29. The van der Waals surface area contributed by atoms with E-state index < -0.39 is 11.9 Å². The zero-order valence-corrected chi connectivity index (χ0v) is 10.4. The number of carbonyl (C=O) groups is 1. The van der Waals surface area contributed by atoms with Crippen LogP contribution in [0.3, 0.4) is 0 Å². The summed E-state index contributed by atoms with van der Waals surface area (Å²) in [4.78, 5) is 15.1. The van der Waals surface area contributed by atoms with Crippen molar-refractivity contribution in [2.75, 3.05) is 12.8 Å². The molecule has 16 heavy (non-hydrogen) atoms. The monoisotopic (exact) mass is 242 g/mol. The lowest BCUT2D eigenvalue weighted by atomic mass is 10.2. The largest absolute Gasteiger partial charge is 0.351 e. The normalized spacial score (nSPS) is 11.2. The molecule has 0 bridgehead atoms. The van der Waals surface area contributed by atoms with Gasteiger partial charge in [0.2, 0.25) is 5.95 Å². The standard InChI is InChI=1S/C11H15FN2OS/c1-11(2,16-3)7-14-10(15)8-5-4-6-13-9(8)12/h4-6H,7H2,1-3H3,(H,14,15). The van der Waals surface area contributed by atoms with Crippen LogP contribution in [-0.2, 0) is 0 Å². The molecule has 0 atom stereocenters. The van der Waals surface area contributed by atoms with Gasteiger partial charge >= 0.3 is 0 Å². The number of thioether (sulfide) groups is 1. The van der Waals surface area contributed by atoms with Gasteiger partial charge in [-0.3, -0.25) is 4.79 Å². The van der Waals surface area contributed by atoms with Gasteiger partial charge in [-0.25, -0.2) is 4.98 Å². The van der Waals surface area contributed by atoms with Gasteiger partial charge in [-0.05, 0) is 32.2 Å². The van der Waals surface area contributed by atoms with Crippen molar-refractivity contribution in [1.82, 2.24) is 10.3 Å². The Bertz CT molecular complexity index is 382. The summed E-state index contributed by atoms with van der Waals surface area (Å²) in [6.45, 7) is 4.51. The number of halogens is 1. The highest BCUT2D eigenvalue weighted by molar-refractivity contribution is 7.99. The first-order valence-electron chi connectivity index (χ1n) is 4.90. The third-order valence-corrected chi connectivity index (χ3v) is 3.48. The van der Waals surface area contributed by atoms with Crippen LogP contribution in [0.5, 0.6) is 0 Å². The van der Waals surface area contributed by atoms with Crippen LogP contribution in [0.1, 0.15) is 24.2 Å². The predicted octanol–water partition coefficient (Wildman–Crippen LogP) is 2.09. The topological polar surface area (TPSA) is 42.0 Å². The number of amides is 1. The quantitative estimate of drug-likeness (QED) is 0.822. The van der Waals surface area contributed by atoms with E-state index in [0.29, 0.717) is 6.54 Å². The summed E-state index contributed by atoms with van der Waals surface area (Å²) < 4.78 is 13.1. The average molecular weight is 242 g/mol. The second-order valence-corrected chi connectivity index (χ2v) is 5.50. The molecule has 88 valence electrons. The SMILES string of the molecule is CSC(C)(C)CNC(=O)c1cccnc1F. The molecule has 0 spiro atoms. The molecule has 0 saturated carbocycles. The first-order chi connectivity index (χ1) is 7.46. The minimum Gasteiger partial charge on any atom is -0.351 e. The van der Waals surface area contributed by atoms with Gasteiger partial charge < -0.3 is 5.32 Å². The van der Waals surface area contributed by atoms with E-state index in [9.17, 15) is 9.18 Å². The van der Waals surface area contributed by atoms with Gasteiger partial charge in [0, 0.05) is 17.5 Å². The average Bonchev–Trinajstić information content (AvgIpc) is 2.27. The van der Waals surface area contributed by atoms with Gasteiger partial charge in [-0.2, -0.15) is 16.2 Å². The molecule has 1 aromatic heterocycles. The van der Waals surface area contributed by atoms with Gasteiger partial charge in [-0.15, -0.1) is 0 Å². The number of hydrogen-bond acceptors (Lipinski definition) is 3. The van der Waals surface area contributed by atoms with Gasteiger partial charge in [-0.1, -0.05) is 0 Å². The summed E-state index contributed by atoms with van der Waals surface area (Å²) in [5, 5.41) is 2.69. The van der Waals surface area contributed by atoms with Gasteiger partial charge in [0.05, 0.1) is 5.56 Å². The Labute approximate surface area is 98.8 Å². The molecule has 0 saturated heterocycles. The van der Waals surface area contributed by atoms with E-state index in [0.717, 1.165) is 0 Å². The Hall–Kier alpha value is -1.10. The van der Waals surface area contributed by atoms with Crippen molar-refractivity contribution in [3.8, 4) is 0 Å². The predicted molar refractivity (Wildman–Crippen MR) is 64.1 cm³/mol. The smallest absolute Gasteiger partial charge is 0.255 e. The minimum absolute atomic E-state index is 0.0144. The van der Waals surface area contributed by atoms with Crippen molar-refractivity contribution in [1.29, 1.82) is 0 Å². The fraction of sp³-hybridized carbons (Fsp3) is 0.455. The molecule has 0 aliphatic carbocycles. The third-order valence-electron chi connectivity index (χ3n) is 2.23. The second-order valence-electron chi connectivity index (χ2n) is 3.99. The van der Waals surface area contributed by atoms with Crippen LogP contribution in [0.15, 0.2) is 18.3 Å². The summed E-state index contributed by atoms with van der Waals surface area (Å²) in [5.41, 5.74) is -0.0144. The summed E-state index contributed by atoms with van der Waals surface area (Å²) in [6, 6.07) is 2.96. The van der Waals surface area contributed by atoms with Crippen molar-refractivity contribution in [3.05, 3.63) is 29.8 Å². The number of rotatable bonds is 4. The molecule has 0 radical (unpaired) electrons. The van der Waals surface area contributed by atoms with Crippen molar-refractivity contribution in [3.63, 3.8) is 0 Å². The van der Waals surface area contributed by atoms with Gasteiger partial charge in [0.15, 0.2) is 0 Å². The fourth-order valence-electron chi connectivity index (χ4n) is 1.02. The Morgan fingerprint density at radius 3 is 2.88 bits per heavy atom. The maximum Gasteiger partial charge on any atom is 0.255 e. The molecular formula is C11H15FN2OS. The number of aromatic nitrogens is 1. The van der Waals surface area contributed by atoms with E-state index in [-0.39, 0.29) is 10.3 Å². The molecule has 1 heterocycles. The van der Waals surface area contributed by atoms with Crippen molar-refractivity contribution in [2.24, 2.45) is 0 Å². The molecule has 1 aromatic rings. The number of pyridine rings is 1. The van der Waals surface area contributed by atoms with E-state index in [4.69, 9.17) is 0 Å². The van der Waals surface area contributed by atoms with Crippen LogP contribution in [0.2, 0.25) is 0 Å². The molecule has 0 fully saturated rings. The van der Waals surface area contributed by atoms with E-state index in [1.54, 1.807) is 11.8 Å². The van der Waals surface area contributed by atoms with E-state index in [1.807, 2.05) is 20.1 Å². The van der Waals surface area contributed by atoms with Gasteiger partial charge in [0.1, 0.15) is 0 Å². The third kappa shape index (κ3) is 3.48. The lowest BCUT2D eigenvalue weighted by Gasteiger charge is -2.22. The van der Waals surface area contributed by atoms with Crippen LogP contribution >= 0.6 is 11.8 Å². The number of carbonyl (C=O) groups excluding carboxylic acids is 1. The summed E-state index contributed by atoms with van der Waals surface area (Å²) in [6.07, 6.45) is 3.29. The summed E-state index contributed by atoms with van der Waals surface area (Å²) >= 11 is 1.64. The maximum absolute atomic E-state index is 13.2. The second kappa shape index (κ2) is 5.30. The van der Waals surface area contributed by atoms with Crippen LogP contribution in [0, 0.1) is 5.95 Å². The Balaban J connectivity index is 2.64. The van der Waals surface area contributed by atoms with Crippen molar-refractivity contribution < 1.29 is 9.18 Å². The molecule has 0 unspecified atom stereocenters. The lowest BCUT2D eigenvalue weighted by molar-refractivity contribution is 0.0946. The molecule has 1 N–H and O–H groups in total. The molecule has 1 rings (SSSR count). The van der Waals surface area contributed by atoms with E-state index in [1.165, 1.54) is 18.3 Å². The lowest BCUT2D eigenvalue weighted by Crippen LogP contribution is -2.36. The Morgan fingerprint density at radius 2 is 2.31 bits per heavy atom. The van der Waals surface area contributed by atoms with E-state index >= 15 is 0 Å². The van der Waals surface area contributed by atoms with Crippen molar-refractivity contribution in [2.45, 2.75) is 18.6 Å². The summed E-state index contributed by atoms with van der Waals surface area (Å²) in [7, 11) is 0. The molecule has 0 aliphatic heterocycles. The fourth-order valence-corrected chi connectivity index (χ4v) is 1.23. The highest BCUT2D eigenvalue weighted by Crippen LogP contribution is 2.19. The number of hydrogen-bond donors (Lipinski definition) is 1. The molecule has 0 aromatic carbocycles. The zero-order valence-electron chi connectivity index (χ0n) is 9.58. The van der Waals surface area contributed by atoms with Crippen LogP contribution in [-0.4, -0.2) is 28.4 Å². The first-order valence-corrected chi connectivity index (χ1v) is 6.12. The molecule has 3 nitrogen and oxygen atoms in total. The highest BCUT2D eigenvalue weighted by atomic mass is 32.2. The summed E-state index contributed by atoms with van der Waals surface area (Å²) in [5.74, 6) is -1.16. The minimum atomic E-state index is -0.734.